The highest BCUT2D eigenvalue weighted by Crippen LogP contribution is 2.25. The molecule has 5 heteroatoms. The molecule has 2 rings (SSSR count). The van der Waals surface area contributed by atoms with Crippen molar-refractivity contribution in [1.29, 1.82) is 0 Å². The van der Waals surface area contributed by atoms with Crippen molar-refractivity contribution in [1.82, 2.24) is 5.32 Å². The molecule has 0 saturated heterocycles. The van der Waals surface area contributed by atoms with Gasteiger partial charge in [0.25, 0.3) is 5.91 Å². The third-order valence-electron chi connectivity index (χ3n) is 2.84. The third kappa shape index (κ3) is 3.06. The van der Waals surface area contributed by atoms with Gasteiger partial charge in [0.05, 0.1) is 18.4 Å². The number of ether oxygens (including phenoxy) is 1. The summed E-state index contributed by atoms with van der Waals surface area (Å²) >= 11 is 0. The van der Waals surface area contributed by atoms with E-state index in [2.05, 4.69) is 5.32 Å². The minimum absolute atomic E-state index is 0.231. The lowest BCUT2D eigenvalue weighted by Gasteiger charge is -2.11. The normalized spacial score (nSPS) is 10.1. The van der Waals surface area contributed by atoms with E-state index in [1.165, 1.54) is 19.2 Å². The van der Waals surface area contributed by atoms with Crippen LogP contribution in [0.3, 0.4) is 0 Å². The Balaban J connectivity index is 2.11. The van der Waals surface area contributed by atoms with Crippen LogP contribution in [0.15, 0.2) is 42.5 Å². The topological polar surface area (TPSA) is 64.3 Å². The molecule has 0 aromatic heterocycles. The Kier molecular flexibility index (Phi) is 4.20. The molecule has 0 aliphatic carbocycles. The van der Waals surface area contributed by atoms with Crippen LogP contribution in [0.25, 0.3) is 0 Å². The van der Waals surface area contributed by atoms with E-state index in [4.69, 9.17) is 10.5 Å². The van der Waals surface area contributed by atoms with Gasteiger partial charge >= 0.3 is 0 Å². The van der Waals surface area contributed by atoms with Gasteiger partial charge in [0, 0.05) is 6.54 Å². The van der Waals surface area contributed by atoms with Crippen LogP contribution in [0, 0.1) is 5.82 Å². The summed E-state index contributed by atoms with van der Waals surface area (Å²) in [4.78, 5) is 12.1. The molecule has 0 atom stereocenters. The number of para-hydroxylation sites is 1. The molecule has 0 spiro atoms. The SMILES string of the molecule is COc1c(N)cccc1C(=O)NCc1cccc(F)c1. The number of hydrogen-bond donors (Lipinski definition) is 2. The van der Waals surface area contributed by atoms with Crippen LogP contribution < -0.4 is 15.8 Å². The molecule has 0 aliphatic heterocycles. The predicted octanol–water partition coefficient (Wildman–Crippen LogP) is 2.35. The van der Waals surface area contributed by atoms with Crippen molar-refractivity contribution < 1.29 is 13.9 Å². The van der Waals surface area contributed by atoms with E-state index >= 15 is 0 Å². The molecular formula is C15H15FN2O2. The highest BCUT2D eigenvalue weighted by molar-refractivity contribution is 5.98. The average molecular weight is 274 g/mol. The second-order valence-corrected chi connectivity index (χ2v) is 4.24. The zero-order chi connectivity index (χ0) is 14.5. The summed E-state index contributed by atoms with van der Waals surface area (Å²) in [5.74, 6) is -0.319. The number of carbonyl (C=O) groups excluding carboxylic acids is 1. The first-order chi connectivity index (χ1) is 9.61. The summed E-state index contributed by atoms with van der Waals surface area (Å²) in [6, 6.07) is 11.0. The monoisotopic (exact) mass is 274 g/mol. The van der Waals surface area contributed by atoms with Gasteiger partial charge in [-0.05, 0) is 29.8 Å². The van der Waals surface area contributed by atoms with Crippen LogP contribution in [0.4, 0.5) is 10.1 Å². The highest BCUT2D eigenvalue weighted by Gasteiger charge is 2.13. The Morgan fingerprint density at radius 1 is 1.30 bits per heavy atom. The predicted molar refractivity (Wildman–Crippen MR) is 75.0 cm³/mol. The van der Waals surface area contributed by atoms with Gasteiger partial charge in [0.15, 0.2) is 5.75 Å². The van der Waals surface area contributed by atoms with Gasteiger partial charge in [-0.25, -0.2) is 4.39 Å². The molecule has 0 unspecified atom stereocenters. The number of methoxy groups -OCH3 is 1. The minimum Gasteiger partial charge on any atom is -0.494 e. The average Bonchev–Trinajstić information content (AvgIpc) is 2.44. The summed E-state index contributed by atoms with van der Waals surface area (Å²) in [5.41, 5.74) is 7.17. The molecule has 2 aromatic rings. The number of benzene rings is 2. The summed E-state index contributed by atoms with van der Waals surface area (Å²) in [6.45, 7) is 0.231. The Bertz CT molecular complexity index is 629. The molecule has 3 N–H and O–H groups in total. The number of carbonyl (C=O) groups is 1. The Morgan fingerprint density at radius 3 is 2.75 bits per heavy atom. The van der Waals surface area contributed by atoms with Gasteiger partial charge in [-0.2, -0.15) is 0 Å². The summed E-state index contributed by atoms with van der Waals surface area (Å²) < 4.78 is 18.2. The van der Waals surface area contributed by atoms with E-state index in [9.17, 15) is 9.18 Å². The van der Waals surface area contributed by atoms with Gasteiger partial charge in [0.2, 0.25) is 0 Å². The van der Waals surface area contributed by atoms with E-state index in [0.717, 1.165) is 0 Å². The maximum Gasteiger partial charge on any atom is 0.255 e. The number of halogens is 1. The summed E-state index contributed by atoms with van der Waals surface area (Å²) in [7, 11) is 1.45. The van der Waals surface area contributed by atoms with E-state index in [0.29, 0.717) is 22.6 Å². The van der Waals surface area contributed by atoms with Crippen molar-refractivity contribution in [2.45, 2.75) is 6.54 Å². The minimum atomic E-state index is -0.335. The van der Waals surface area contributed by atoms with Crippen LogP contribution >= 0.6 is 0 Å². The molecular weight excluding hydrogens is 259 g/mol. The molecule has 0 radical (unpaired) electrons. The number of nitrogens with one attached hydrogen (secondary N) is 1. The fourth-order valence-corrected chi connectivity index (χ4v) is 1.89. The molecule has 4 nitrogen and oxygen atoms in total. The quantitative estimate of drug-likeness (QED) is 0.841. The zero-order valence-electron chi connectivity index (χ0n) is 11.0. The van der Waals surface area contributed by atoms with Crippen LogP contribution in [-0.2, 0) is 6.54 Å². The lowest BCUT2D eigenvalue weighted by Crippen LogP contribution is -2.23. The van der Waals surface area contributed by atoms with Crippen LogP contribution in [-0.4, -0.2) is 13.0 Å². The summed E-state index contributed by atoms with van der Waals surface area (Å²) in [6.07, 6.45) is 0. The number of hydrogen-bond acceptors (Lipinski definition) is 3. The van der Waals surface area contributed by atoms with E-state index in [1.807, 2.05) is 0 Å². The molecule has 2 aromatic carbocycles. The standard InChI is InChI=1S/C15H15FN2O2/c1-20-14-12(6-3-7-13(14)17)15(19)18-9-10-4-2-5-11(16)8-10/h2-8H,9,17H2,1H3,(H,18,19). The van der Waals surface area contributed by atoms with E-state index in [-0.39, 0.29) is 18.3 Å². The van der Waals surface area contributed by atoms with Crippen molar-refractivity contribution in [3.05, 3.63) is 59.4 Å². The van der Waals surface area contributed by atoms with Crippen molar-refractivity contribution in [2.24, 2.45) is 0 Å². The van der Waals surface area contributed by atoms with Gasteiger partial charge in [-0.15, -0.1) is 0 Å². The fourth-order valence-electron chi connectivity index (χ4n) is 1.89. The Labute approximate surface area is 116 Å². The number of anilines is 1. The van der Waals surface area contributed by atoms with Crippen molar-refractivity contribution in [3.63, 3.8) is 0 Å². The van der Waals surface area contributed by atoms with E-state index < -0.39 is 0 Å². The van der Waals surface area contributed by atoms with E-state index in [1.54, 1.807) is 30.3 Å². The maximum atomic E-state index is 13.0. The first kappa shape index (κ1) is 13.9. The van der Waals surface area contributed by atoms with Crippen LogP contribution in [0.2, 0.25) is 0 Å². The first-order valence-corrected chi connectivity index (χ1v) is 6.07. The van der Waals surface area contributed by atoms with Crippen molar-refractivity contribution in [2.75, 3.05) is 12.8 Å². The van der Waals surface area contributed by atoms with Gasteiger partial charge in [-0.3, -0.25) is 4.79 Å². The molecule has 0 aliphatic rings. The maximum absolute atomic E-state index is 13.0. The number of rotatable bonds is 4. The summed E-state index contributed by atoms with van der Waals surface area (Å²) in [5, 5.41) is 2.70. The van der Waals surface area contributed by atoms with Gasteiger partial charge < -0.3 is 15.8 Å². The Morgan fingerprint density at radius 2 is 2.05 bits per heavy atom. The molecule has 0 saturated carbocycles. The fraction of sp³-hybridized carbons (Fsp3) is 0.133. The molecule has 1 amide bonds. The lowest BCUT2D eigenvalue weighted by molar-refractivity contribution is 0.0948. The largest absolute Gasteiger partial charge is 0.494 e. The molecule has 20 heavy (non-hydrogen) atoms. The second kappa shape index (κ2) is 6.06. The van der Waals surface area contributed by atoms with Crippen molar-refractivity contribution in [3.8, 4) is 5.75 Å². The third-order valence-corrected chi connectivity index (χ3v) is 2.84. The first-order valence-electron chi connectivity index (χ1n) is 6.07. The lowest BCUT2D eigenvalue weighted by atomic mass is 10.1. The van der Waals surface area contributed by atoms with Crippen molar-refractivity contribution >= 4 is 11.6 Å². The number of amides is 1. The van der Waals surface area contributed by atoms with Gasteiger partial charge in [-0.1, -0.05) is 18.2 Å². The smallest absolute Gasteiger partial charge is 0.255 e. The number of nitrogen functional groups attached to an aromatic ring is 1. The highest BCUT2D eigenvalue weighted by atomic mass is 19.1. The molecule has 0 bridgehead atoms. The zero-order valence-corrected chi connectivity index (χ0v) is 11.0. The number of nitrogens with two attached hydrogens (primary N) is 1. The molecule has 104 valence electrons. The molecule has 0 heterocycles. The second-order valence-electron chi connectivity index (χ2n) is 4.24. The van der Waals surface area contributed by atoms with Crippen LogP contribution in [0.1, 0.15) is 15.9 Å². The van der Waals surface area contributed by atoms with Crippen LogP contribution in [0.5, 0.6) is 5.75 Å². The molecule has 0 fully saturated rings. The van der Waals surface area contributed by atoms with Gasteiger partial charge in [0.1, 0.15) is 5.82 Å². The Hall–Kier alpha value is -2.56.